The molecule has 0 saturated heterocycles. The molecule has 1 N–H and O–H groups in total. The number of hydrogen-bond acceptors (Lipinski definition) is 4. The Labute approximate surface area is 155 Å². The predicted octanol–water partition coefficient (Wildman–Crippen LogP) is 3.03. The van der Waals surface area contributed by atoms with E-state index < -0.39 is 11.7 Å². The van der Waals surface area contributed by atoms with Gasteiger partial charge in [-0.1, -0.05) is 12.8 Å². The van der Waals surface area contributed by atoms with Gasteiger partial charge in [-0.05, 0) is 73.8 Å². The van der Waals surface area contributed by atoms with Gasteiger partial charge in [-0.15, -0.1) is 6.42 Å². The topological polar surface area (TPSA) is 63.6 Å². The van der Waals surface area contributed by atoms with Crippen molar-refractivity contribution in [2.24, 2.45) is 29.1 Å². The molecule has 0 amide bonds. The highest BCUT2D eigenvalue weighted by Crippen LogP contribution is 2.65. The summed E-state index contributed by atoms with van der Waals surface area (Å²) in [7, 11) is 0. The van der Waals surface area contributed by atoms with Gasteiger partial charge in [-0.2, -0.15) is 0 Å². The first kappa shape index (κ1) is 17.8. The molecule has 4 heteroatoms. The van der Waals surface area contributed by atoms with E-state index in [1.54, 1.807) is 6.08 Å². The number of ether oxygens (including phenoxy) is 1. The maximum absolute atomic E-state index is 11.8. The fourth-order valence-electron chi connectivity index (χ4n) is 6.86. The average molecular weight is 356 g/mol. The van der Waals surface area contributed by atoms with Crippen LogP contribution in [0.15, 0.2) is 11.6 Å². The maximum Gasteiger partial charge on any atom is 0.304 e. The van der Waals surface area contributed by atoms with Crippen LogP contribution in [0.4, 0.5) is 0 Å². The number of terminal acetylenes is 1. The lowest BCUT2D eigenvalue weighted by Gasteiger charge is -2.56. The third-order valence-corrected chi connectivity index (χ3v) is 8.02. The van der Waals surface area contributed by atoms with Crippen molar-refractivity contribution in [1.29, 1.82) is 0 Å². The van der Waals surface area contributed by atoms with Crippen molar-refractivity contribution in [3.8, 4) is 12.3 Å². The Balaban J connectivity index is 1.68. The first-order valence-electron chi connectivity index (χ1n) is 9.91. The molecule has 0 aliphatic heterocycles. The van der Waals surface area contributed by atoms with Gasteiger partial charge in [0.25, 0.3) is 0 Å². The van der Waals surface area contributed by atoms with E-state index in [0.717, 1.165) is 31.3 Å². The van der Waals surface area contributed by atoms with Crippen LogP contribution in [-0.2, 0) is 14.3 Å². The SMILES string of the molecule is C#C[C@]1(OC(C)=O)CC[C@H]2[C@@H]3C[C@@H](O)C4=CC(=O)CC[C@@H]4[C@H]3CC[C@@]21C. The highest BCUT2D eigenvalue weighted by atomic mass is 16.6. The minimum absolute atomic E-state index is 0.150. The van der Waals surface area contributed by atoms with Crippen LogP contribution in [0.2, 0.25) is 0 Å². The molecular weight excluding hydrogens is 328 g/mol. The van der Waals surface area contributed by atoms with Crippen LogP contribution in [0.3, 0.4) is 0 Å². The van der Waals surface area contributed by atoms with Gasteiger partial charge in [0.05, 0.1) is 6.10 Å². The second kappa shape index (κ2) is 5.96. The van der Waals surface area contributed by atoms with E-state index in [4.69, 9.17) is 11.2 Å². The molecule has 0 aromatic carbocycles. The van der Waals surface area contributed by atoms with Crippen molar-refractivity contribution >= 4 is 11.8 Å². The molecule has 0 spiro atoms. The lowest BCUT2D eigenvalue weighted by molar-refractivity contribution is -0.168. The standard InChI is InChI=1S/C22H28O4/c1-4-22(26-13(2)23)10-8-19-17-12-20(25)18-11-14(24)5-6-15(18)16(17)7-9-21(19,22)3/h1,11,15-17,19-20,25H,5-10,12H2,2-3H3/t15-,16-,17-,19+,20-,21+,22+/m1/s1. The lowest BCUT2D eigenvalue weighted by atomic mass is 9.50. The molecule has 0 radical (unpaired) electrons. The zero-order valence-corrected chi connectivity index (χ0v) is 15.7. The number of fused-ring (bicyclic) bond motifs is 5. The average Bonchev–Trinajstić information content (AvgIpc) is 2.88. The van der Waals surface area contributed by atoms with Gasteiger partial charge in [-0.3, -0.25) is 9.59 Å². The van der Waals surface area contributed by atoms with Crippen molar-refractivity contribution in [3.63, 3.8) is 0 Å². The van der Waals surface area contributed by atoms with Gasteiger partial charge >= 0.3 is 5.97 Å². The Hall–Kier alpha value is -1.60. The Morgan fingerprint density at radius 3 is 2.77 bits per heavy atom. The number of hydrogen-bond donors (Lipinski definition) is 1. The number of rotatable bonds is 1. The normalized spacial score (nSPS) is 47.1. The lowest BCUT2D eigenvalue weighted by Crippen LogP contribution is -2.55. The highest BCUT2D eigenvalue weighted by molar-refractivity contribution is 5.91. The Bertz CT molecular complexity index is 716. The zero-order valence-electron chi connectivity index (χ0n) is 15.7. The Morgan fingerprint density at radius 2 is 2.08 bits per heavy atom. The molecule has 0 heterocycles. The van der Waals surface area contributed by atoms with E-state index in [-0.39, 0.29) is 17.2 Å². The molecule has 7 atom stereocenters. The molecule has 0 unspecified atom stereocenters. The first-order valence-corrected chi connectivity index (χ1v) is 9.91. The summed E-state index contributed by atoms with van der Waals surface area (Å²) in [5.41, 5.74) is -0.0924. The molecule has 4 aliphatic carbocycles. The number of aliphatic hydroxyl groups excluding tert-OH is 1. The molecule has 4 nitrogen and oxygen atoms in total. The van der Waals surface area contributed by atoms with Crippen molar-refractivity contribution < 1.29 is 19.4 Å². The minimum Gasteiger partial charge on any atom is -0.445 e. The van der Waals surface area contributed by atoms with Crippen LogP contribution in [0, 0.1) is 41.4 Å². The number of ketones is 1. The van der Waals surface area contributed by atoms with E-state index in [9.17, 15) is 14.7 Å². The number of aliphatic hydroxyl groups is 1. The summed E-state index contributed by atoms with van der Waals surface area (Å²) >= 11 is 0. The van der Waals surface area contributed by atoms with Gasteiger partial charge in [0.1, 0.15) is 0 Å². The first-order chi connectivity index (χ1) is 12.3. The fraction of sp³-hybridized carbons (Fsp3) is 0.727. The van der Waals surface area contributed by atoms with E-state index in [2.05, 4.69) is 12.8 Å². The summed E-state index contributed by atoms with van der Waals surface area (Å²) in [5, 5.41) is 10.8. The second-order valence-corrected chi connectivity index (χ2v) is 9.00. The molecule has 0 aromatic heterocycles. The Kier molecular flexibility index (Phi) is 4.08. The number of esters is 1. The number of carbonyl (C=O) groups is 2. The molecular formula is C22H28O4. The quantitative estimate of drug-likeness (QED) is 0.579. The van der Waals surface area contributed by atoms with E-state index in [0.29, 0.717) is 42.9 Å². The third kappa shape index (κ3) is 2.33. The van der Waals surface area contributed by atoms with Crippen molar-refractivity contribution in [2.75, 3.05) is 0 Å². The third-order valence-electron chi connectivity index (χ3n) is 8.02. The molecule has 0 bridgehead atoms. The zero-order chi connectivity index (χ0) is 18.7. The van der Waals surface area contributed by atoms with E-state index >= 15 is 0 Å². The molecule has 3 saturated carbocycles. The monoisotopic (exact) mass is 356 g/mol. The summed E-state index contributed by atoms with van der Waals surface area (Å²) in [6.45, 7) is 3.62. The summed E-state index contributed by atoms with van der Waals surface area (Å²) in [5.74, 6) is 4.25. The Morgan fingerprint density at radius 1 is 1.31 bits per heavy atom. The largest absolute Gasteiger partial charge is 0.445 e. The van der Waals surface area contributed by atoms with E-state index in [1.165, 1.54) is 6.92 Å². The van der Waals surface area contributed by atoms with Crippen LogP contribution < -0.4 is 0 Å². The fourth-order valence-corrected chi connectivity index (χ4v) is 6.86. The van der Waals surface area contributed by atoms with Crippen LogP contribution in [0.1, 0.15) is 58.8 Å². The van der Waals surface area contributed by atoms with Gasteiger partial charge < -0.3 is 9.84 Å². The van der Waals surface area contributed by atoms with Crippen LogP contribution in [0.5, 0.6) is 0 Å². The van der Waals surface area contributed by atoms with Crippen LogP contribution >= 0.6 is 0 Å². The van der Waals surface area contributed by atoms with Crippen molar-refractivity contribution in [3.05, 3.63) is 11.6 Å². The smallest absolute Gasteiger partial charge is 0.304 e. The number of carbonyl (C=O) groups excluding carboxylic acids is 2. The minimum atomic E-state index is -0.821. The van der Waals surface area contributed by atoms with Crippen molar-refractivity contribution in [1.82, 2.24) is 0 Å². The predicted molar refractivity (Wildman–Crippen MR) is 96.8 cm³/mol. The van der Waals surface area contributed by atoms with Gasteiger partial charge in [0.15, 0.2) is 11.4 Å². The molecule has 4 rings (SSSR count). The highest BCUT2D eigenvalue weighted by Gasteiger charge is 2.64. The molecule has 0 aromatic rings. The molecule has 26 heavy (non-hydrogen) atoms. The summed E-state index contributed by atoms with van der Waals surface area (Å²) in [6, 6.07) is 0. The van der Waals surface area contributed by atoms with Crippen LogP contribution in [-0.4, -0.2) is 28.6 Å². The molecule has 3 fully saturated rings. The van der Waals surface area contributed by atoms with Gasteiger partial charge in [-0.25, -0.2) is 0 Å². The summed E-state index contributed by atoms with van der Waals surface area (Å²) in [6.07, 6.45) is 12.8. The molecule has 4 aliphatic rings. The van der Waals surface area contributed by atoms with Gasteiger partial charge in [0.2, 0.25) is 0 Å². The maximum atomic E-state index is 11.8. The summed E-state index contributed by atoms with van der Waals surface area (Å²) in [4.78, 5) is 23.6. The van der Waals surface area contributed by atoms with Crippen LogP contribution in [0.25, 0.3) is 0 Å². The second-order valence-electron chi connectivity index (χ2n) is 9.00. The molecule has 140 valence electrons. The van der Waals surface area contributed by atoms with Crippen molar-refractivity contribution in [2.45, 2.75) is 70.5 Å². The van der Waals surface area contributed by atoms with E-state index in [1.807, 2.05) is 0 Å². The summed E-state index contributed by atoms with van der Waals surface area (Å²) < 4.78 is 5.75. The van der Waals surface area contributed by atoms with Gasteiger partial charge in [0, 0.05) is 18.8 Å².